The van der Waals surface area contributed by atoms with Crippen LogP contribution in [0.2, 0.25) is 0 Å². The summed E-state index contributed by atoms with van der Waals surface area (Å²) in [6.45, 7) is 1.93. The highest BCUT2D eigenvalue weighted by Gasteiger charge is 2.41. The number of nitrogens with one attached hydrogen (secondary N) is 1. The molecule has 2 fully saturated rings. The van der Waals surface area contributed by atoms with Crippen molar-refractivity contribution in [2.24, 2.45) is 0 Å². The van der Waals surface area contributed by atoms with E-state index in [4.69, 9.17) is 15.2 Å². The van der Waals surface area contributed by atoms with Gasteiger partial charge in [-0.05, 0) is 61.8 Å². The second-order valence-electron chi connectivity index (χ2n) is 9.75. The molecule has 1 aliphatic carbocycles. The molecule has 1 aliphatic heterocycles. The summed E-state index contributed by atoms with van der Waals surface area (Å²) in [5, 5.41) is 10.9. The molecule has 9 nitrogen and oxygen atoms in total. The van der Waals surface area contributed by atoms with Gasteiger partial charge in [0, 0.05) is 30.7 Å². The van der Waals surface area contributed by atoms with Gasteiger partial charge in [0.1, 0.15) is 17.7 Å². The van der Waals surface area contributed by atoms with E-state index < -0.39 is 23.7 Å². The van der Waals surface area contributed by atoms with Crippen molar-refractivity contribution in [2.45, 2.75) is 50.2 Å². The van der Waals surface area contributed by atoms with Crippen LogP contribution in [0.5, 0.6) is 11.6 Å². The number of carbonyl (C=O) groups is 1. The molecular formula is C28H27F4N5O4. The highest BCUT2D eigenvalue weighted by atomic mass is 19.4. The van der Waals surface area contributed by atoms with Crippen LogP contribution in [0.3, 0.4) is 0 Å². The molecule has 0 radical (unpaired) electrons. The summed E-state index contributed by atoms with van der Waals surface area (Å²) in [6, 6.07) is 9.76. The Kier molecular flexibility index (Phi) is 8.45. The lowest BCUT2D eigenvalue weighted by atomic mass is 9.91. The number of esters is 1. The zero-order chi connectivity index (χ0) is 29.0. The van der Waals surface area contributed by atoms with Gasteiger partial charge in [-0.2, -0.15) is 13.2 Å². The van der Waals surface area contributed by atoms with Gasteiger partial charge in [-0.25, -0.2) is 14.2 Å². The molecule has 3 heterocycles. The number of piperidine rings is 1. The van der Waals surface area contributed by atoms with Crippen LogP contribution in [0.1, 0.15) is 36.8 Å². The number of nitrogen functional groups attached to an aromatic ring is 1. The highest BCUT2D eigenvalue weighted by molar-refractivity contribution is 5.84. The van der Waals surface area contributed by atoms with Gasteiger partial charge in [-0.1, -0.05) is 12.1 Å². The zero-order valence-electron chi connectivity index (χ0n) is 21.7. The molecule has 5 rings (SSSR count). The fourth-order valence-electron chi connectivity index (χ4n) is 4.55. The summed E-state index contributed by atoms with van der Waals surface area (Å²) in [5.41, 5.74) is 6.09. The Morgan fingerprint density at radius 2 is 1.78 bits per heavy atom. The summed E-state index contributed by atoms with van der Waals surface area (Å²) in [7, 11) is 0. The third-order valence-corrected chi connectivity index (χ3v) is 6.74. The first-order valence-corrected chi connectivity index (χ1v) is 13.0. The molecule has 0 atom stereocenters. The molecule has 1 aromatic carbocycles. The Morgan fingerprint density at radius 1 is 1.02 bits per heavy atom. The maximum absolute atomic E-state index is 15.4. The highest BCUT2D eigenvalue weighted by Crippen LogP contribution is 2.34. The fraction of sp³-hybridized carbons (Fsp3) is 0.357. The van der Waals surface area contributed by atoms with Gasteiger partial charge in [0.25, 0.3) is 0 Å². The van der Waals surface area contributed by atoms with Crippen molar-refractivity contribution in [3.63, 3.8) is 0 Å². The third kappa shape index (κ3) is 7.16. The summed E-state index contributed by atoms with van der Waals surface area (Å²) in [6.07, 6.45) is 1.37. The van der Waals surface area contributed by atoms with Gasteiger partial charge in [-0.15, -0.1) is 10.2 Å². The molecule has 2 aliphatic rings. The van der Waals surface area contributed by atoms with E-state index >= 15 is 4.39 Å². The molecule has 0 bridgehead atoms. The van der Waals surface area contributed by atoms with Crippen molar-refractivity contribution in [3.05, 3.63) is 59.8 Å². The number of rotatable bonds is 8. The number of hydrogen-bond donors (Lipinski definition) is 2. The molecular weight excluding hydrogens is 546 g/mol. The summed E-state index contributed by atoms with van der Waals surface area (Å²) in [5.74, 6) is -3.51. The molecule has 0 spiro atoms. The van der Waals surface area contributed by atoms with Crippen molar-refractivity contribution >= 4 is 23.7 Å². The molecule has 13 heteroatoms. The standard InChI is InChI=1S/C28H27F4N5O4/c29-22(11-16-5-10-35-25(12-16)40-19-13-18(14-19)39-17-6-8-34-9-7-17)21-15-23(36-37-26(21)33)20-3-1-2-4-24(20)41-27(38)28(30,31)32/h1-5,10-12,15,17-19,34H,6-9,13-14H2,(H2,33,37). The van der Waals surface area contributed by atoms with Crippen LogP contribution in [-0.4, -0.2) is 58.7 Å². The van der Waals surface area contributed by atoms with E-state index in [2.05, 4.69) is 25.2 Å². The number of carbonyl (C=O) groups excluding carboxylic acids is 1. The average Bonchev–Trinajstić information content (AvgIpc) is 2.93. The molecule has 1 saturated heterocycles. The number of nitrogens with zero attached hydrogens (tertiary/aromatic N) is 3. The molecule has 2 aromatic heterocycles. The Bertz CT molecular complexity index is 1420. The van der Waals surface area contributed by atoms with Gasteiger partial charge in [0.2, 0.25) is 5.88 Å². The van der Waals surface area contributed by atoms with Crippen LogP contribution in [0, 0.1) is 0 Å². The number of ether oxygens (including phenoxy) is 3. The molecule has 1 saturated carbocycles. The smallest absolute Gasteiger partial charge is 0.474 e. The number of hydrogen-bond acceptors (Lipinski definition) is 9. The number of benzene rings is 1. The van der Waals surface area contributed by atoms with Crippen molar-refractivity contribution in [1.29, 1.82) is 0 Å². The second-order valence-corrected chi connectivity index (χ2v) is 9.75. The quantitative estimate of drug-likeness (QED) is 0.224. The van der Waals surface area contributed by atoms with Crippen LogP contribution in [0.25, 0.3) is 23.2 Å². The van der Waals surface area contributed by atoms with E-state index in [1.54, 1.807) is 12.1 Å². The van der Waals surface area contributed by atoms with Crippen LogP contribution in [-0.2, 0) is 9.53 Å². The first-order valence-electron chi connectivity index (χ1n) is 13.0. The minimum Gasteiger partial charge on any atom is -0.474 e. The maximum Gasteiger partial charge on any atom is 0.491 e. The van der Waals surface area contributed by atoms with E-state index in [9.17, 15) is 18.0 Å². The number of anilines is 1. The van der Waals surface area contributed by atoms with Gasteiger partial charge < -0.3 is 25.3 Å². The average molecular weight is 574 g/mol. The van der Waals surface area contributed by atoms with Crippen molar-refractivity contribution in [2.75, 3.05) is 18.8 Å². The number of pyridine rings is 1. The van der Waals surface area contributed by atoms with E-state index in [1.165, 1.54) is 36.5 Å². The van der Waals surface area contributed by atoms with Crippen LogP contribution >= 0.6 is 0 Å². The van der Waals surface area contributed by atoms with Gasteiger partial charge in [-0.3, -0.25) is 0 Å². The number of alkyl halides is 3. The Hall–Kier alpha value is -4.10. The molecule has 0 amide bonds. The Morgan fingerprint density at radius 3 is 2.54 bits per heavy atom. The minimum absolute atomic E-state index is 0.00539. The largest absolute Gasteiger partial charge is 0.491 e. The summed E-state index contributed by atoms with van der Waals surface area (Å²) < 4.78 is 70.1. The van der Waals surface area contributed by atoms with Crippen molar-refractivity contribution < 1.29 is 36.6 Å². The molecule has 216 valence electrons. The van der Waals surface area contributed by atoms with Crippen molar-refractivity contribution in [3.8, 4) is 22.9 Å². The predicted octanol–water partition coefficient (Wildman–Crippen LogP) is 4.73. The summed E-state index contributed by atoms with van der Waals surface area (Å²) >= 11 is 0. The first kappa shape index (κ1) is 28.4. The lowest BCUT2D eigenvalue weighted by Gasteiger charge is -2.38. The fourth-order valence-corrected chi connectivity index (χ4v) is 4.55. The lowest BCUT2D eigenvalue weighted by Crippen LogP contribution is -2.43. The van der Waals surface area contributed by atoms with Crippen LogP contribution in [0.15, 0.2) is 48.7 Å². The molecule has 0 unspecified atom stereocenters. The molecule has 3 aromatic rings. The monoisotopic (exact) mass is 573 g/mol. The number of halogens is 4. The minimum atomic E-state index is -5.20. The van der Waals surface area contributed by atoms with Gasteiger partial charge in [0.15, 0.2) is 5.82 Å². The summed E-state index contributed by atoms with van der Waals surface area (Å²) in [4.78, 5) is 15.6. The van der Waals surface area contributed by atoms with Crippen LogP contribution in [0.4, 0.5) is 23.4 Å². The lowest BCUT2D eigenvalue weighted by molar-refractivity contribution is -0.189. The Balaban J connectivity index is 1.27. The third-order valence-electron chi connectivity index (χ3n) is 6.74. The normalized spacial score (nSPS) is 19.9. The van der Waals surface area contributed by atoms with Gasteiger partial charge >= 0.3 is 12.1 Å². The topological polar surface area (TPSA) is 121 Å². The van der Waals surface area contributed by atoms with Crippen LogP contribution < -0.4 is 20.5 Å². The zero-order valence-corrected chi connectivity index (χ0v) is 21.7. The number of para-hydroxylation sites is 1. The predicted molar refractivity (Wildman–Crippen MR) is 141 cm³/mol. The number of nitrogens with two attached hydrogens (primary N) is 1. The number of aromatic nitrogens is 3. The Labute approximate surface area is 232 Å². The van der Waals surface area contributed by atoms with E-state index in [0.717, 1.165) is 44.8 Å². The van der Waals surface area contributed by atoms with E-state index in [1.807, 2.05) is 0 Å². The van der Waals surface area contributed by atoms with E-state index in [0.29, 0.717) is 11.4 Å². The second kappa shape index (κ2) is 12.2. The first-order chi connectivity index (χ1) is 19.7. The maximum atomic E-state index is 15.4. The molecule has 41 heavy (non-hydrogen) atoms. The van der Waals surface area contributed by atoms with E-state index in [-0.39, 0.29) is 41.0 Å². The van der Waals surface area contributed by atoms with Gasteiger partial charge in [0.05, 0.1) is 23.5 Å². The SMILES string of the molecule is Nc1nnc(-c2ccccc2OC(=O)C(F)(F)F)cc1C(F)=Cc1ccnc(OC2CC(OC3CCNCC3)C2)c1. The molecule has 3 N–H and O–H groups in total. The van der Waals surface area contributed by atoms with Crippen molar-refractivity contribution in [1.82, 2.24) is 20.5 Å².